The van der Waals surface area contributed by atoms with Crippen LogP contribution in [0.1, 0.15) is 60.0 Å². The number of hydrogen-bond acceptors (Lipinski definition) is 6. The molecular formula is C29H35FN4O5. The van der Waals surface area contributed by atoms with Crippen molar-refractivity contribution in [2.24, 2.45) is 0 Å². The molecule has 9 nitrogen and oxygen atoms in total. The molecular weight excluding hydrogens is 503 g/mol. The van der Waals surface area contributed by atoms with Crippen LogP contribution < -0.4 is 10.9 Å². The number of fused-ring (bicyclic) bond motifs is 1. The summed E-state index contributed by atoms with van der Waals surface area (Å²) >= 11 is 0. The minimum Gasteiger partial charge on any atom is -0.505 e. The zero-order chi connectivity index (χ0) is 27.8. The van der Waals surface area contributed by atoms with E-state index in [4.69, 9.17) is 4.74 Å². The zero-order valence-electron chi connectivity index (χ0n) is 22.2. The predicted molar refractivity (Wildman–Crippen MR) is 145 cm³/mol. The summed E-state index contributed by atoms with van der Waals surface area (Å²) in [4.78, 5) is 45.3. The number of pyridine rings is 2. The lowest BCUT2D eigenvalue weighted by atomic mass is 10.1. The minimum absolute atomic E-state index is 0.120. The molecule has 39 heavy (non-hydrogen) atoms. The van der Waals surface area contributed by atoms with Crippen LogP contribution in [-0.2, 0) is 22.5 Å². The lowest BCUT2D eigenvalue weighted by molar-refractivity contribution is -0.130. The third-order valence-electron chi connectivity index (χ3n) is 6.98. The Morgan fingerprint density at radius 3 is 2.67 bits per heavy atom. The lowest BCUT2D eigenvalue weighted by Crippen LogP contribution is -2.35. The Kier molecular flexibility index (Phi) is 9.64. The Morgan fingerprint density at radius 1 is 1.10 bits per heavy atom. The van der Waals surface area contributed by atoms with Crippen LogP contribution in [0.25, 0.3) is 11.0 Å². The third-order valence-corrected chi connectivity index (χ3v) is 6.98. The Hall–Kier alpha value is -3.79. The predicted octanol–water partition coefficient (Wildman–Crippen LogP) is 3.39. The maximum Gasteiger partial charge on any atom is 0.267 e. The van der Waals surface area contributed by atoms with E-state index in [0.29, 0.717) is 50.9 Å². The van der Waals surface area contributed by atoms with Crippen LogP contribution in [0.5, 0.6) is 5.75 Å². The number of benzene rings is 1. The van der Waals surface area contributed by atoms with Gasteiger partial charge in [-0.15, -0.1) is 0 Å². The van der Waals surface area contributed by atoms with Gasteiger partial charge < -0.3 is 24.6 Å². The average molecular weight is 539 g/mol. The molecule has 1 aliphatic heterocycles. The smallest absolute Gasteiger partial charge is 0.267 e. The molecule has 208 valence electrons. The summed E-state index contributed by atoms with van der Waals surface area (Å²) in [5.74, 6) is -1.35. The molecule has 0 spiro atoms. The second-order valence-electron chi connectivity index (χ2n) is 9.84. The molecule has 10 heteroatoms. The molecule has 0 unspecified atom stereocenters. The van der Waals surface area contributed by atoms with Crippen molar-refractivity contribution in [3.8, 4) is 5.75 Å². The van der Waals surface area contributed by atoms with Gasteiger partial charge in [-0.25, -0.2) is 4.39 Å². The highest BCUT2D eigenvalue weighted by Gasteiger charge is 2.24. The normalized spacial score (nSPS) is 14.0. The van der Waals surface area contributed by atoms with Crippen molar-refractivity contribution < 1.29 is 23.8 Å². The van der Waals surface area contributed by atoms with Crippen LogP contribution in [0.2, 0.25) is 0 Å². The fourth-order valence-corrected chi connectivity index (χ4v) is 4.91. The second-order valence-corrected chi connectivity index (χ2v) is 9.84. The summed E-state index contributed by atoms with van der Waals surface area (Å²) in [6.45, 7) is 2.16. The number of carbonyl (C=O) groups excluding carboxylic acids is 2. The van der Waals surface area contributed by atoms with Crippen LogP contribution in [0.4, 0.5) is 4.39 Å². The number of methoxy groups -OCH3 is 1. The number of ether oxygens (including phenoxy) is 1. The van der Waals surface area contributed by atoms with Crippen molar-refractivity contribution in [1.29, 1.82) is 0 Å². The number of aromatic nitrogens is 2. The van der Waals surface area contributed by atoms with E-state index in [9.17, 15) is 23.9 Å². The van der Waals surface area contributed by atoms with Crippen molar-refractivity contribution in [3.05, 3.63) is 69.4 Å². The quantitative estimate of drug-likeness (QED) is 0.362. The van der Waals surface area contributed by atoms with Crippen LogP contribution in [0.3, 0.4) is 0 Å². The van der Waals surface area contributed by atoms with Gasteiger partial charge in [0.1, 0.15) is 16.9 Å². The van der Waals surface area contributed by atoms with Gasteiger partial charge in [0, 0.05) is 52.5 Å². The molecule has 2 N–H and O–H groups in total. The summed E-state index contributed by atoms with van der Waals surface area (Å²) < 4.78 is 19.8. The van der Waals surface area contributed by atoms with E-state index >= 15 is 0 Å². The van der Waals surface area contributed by atoms with E-state index in [1.165, 1.54) is 16.7 Å². The van der Waals surface area contributed by atoms with Gasteiger partial charge in [0.2, 0.25) is 5.91 Å². The number of aromatic hydroxyl groups is 1. The van der Waals surface area contributed by atoms with Crippen molar-refractivity contribution >= 4 is 22.8 Å². The maximum atomic E-state index is 13.6. The van der Waals surface area contributed by atoms with Crippen molar-refractivity contribution in [3.63, 3.8) is 0 Å². The van der Waals surface area contributed by atoms with Crippen molar-refractivity contribution in [2.45, 2.75) is 51.5 Å². The highest BCUT2D eigenvalue weighted by Crippen LogP contribution is 2.26. The van der Waals surface area contributed by atoms with Crippen molar-refractivity contribution in [1.82, 2.24) is 19.8 Å². The van der Waals surface area contributed by atoms with Gasteiger partial charge in [0.15, 0.2) is 5.75 Å². The first kappa shape index (κ1) is 28.2. The summed E-state index contributed by atoms with van der Waals surface area (Å²) in [7, 11) is 1.56. The first-order valence-electron chi connectivity index (χ1n) is 13.4. The number of carbonyl (C=O) groups is 2. The molecule has 1 aliphatic rings. The topological polar surface area (TPSA) is 114 Å². The number of rotatable bonds is 11. The van der Waals surface area contributed by atoms with Crippen LogP contribution in [-0.4, -0.2) is 64.7 Å². The lowest BCUT2D eigenvalue weighted by Gasteiger charge is -2.21. The van der Waals surface area contributed by atoms with E-state index < -0.39 is 17.2 Å². The van der Waals surface area contributed by atoms with Gasteiger partial charge >= 0.3 is 0 Å². The molecule has 0 atom stereocenters. The van der Waals surface area contributed by atoms with Gasteiger partial charge in [-0.2, -0.15) is 0 Å². The average Bonchev–Trinajstić information content (AvgIpc) is 3.13. The number of nitrogens with one attached hydrogen (secondary N) is 1. The van der Waals surface area contributed by atoms with E-state index in [2.05, 4.69) is 10.3 Å². The largest absolute Gasteiger partial charge is 0.505 e. The summed E-state index contributed by atoms with van der Waals surface area (Å²) in [5, 5.41) is 13.7. The fourth-order valence-electron chi connectivity index (χ4n) is 4.91. The van der Waals surface area contributed by atoms with Crippen LogP contribution in [0.15, 0.2) is 41.3 Å². The van der Waals surface area contributed by atoms with Crippen LogP contribution in [0, 0.1) is 5.82 Å². The molecule has 2 aromatic heterocycles. The Bertz CT molecular complexity index is 1370. The van der Waals surface area contributed by atoms with E-state index in [1.54, 1.807) is 31.5 Å². The summed E-state index contributed by atoms with van der Waals surface area (Å²) in [6, 6.07) is 7.89. The Morgan fingerprint density at radius 2 is 1.90 bits per heavy atom. The van der Waals surface area contributed by atoms with Crippen LogP contribution >= 0.6 is 0 Å². The molecule has 0 bridgehead atoms. The van der Waals surface area contributed by atoms with Gasteiger partial charge in [-0.05, 0) is 61.4 Å². The Balaban J connectivity index is 1.67. The van der Waals surface area contributed by atoms with Gasteiger partial charge in [-0.1, -0.05) is 18.6 Å². The molecule has 3 aromatic rings. The molecule has 4 rings (SSSR count). The number of hydrogen-bond donors (Lipinski definition) is 2. The molecule has 0 saturated carbocycles. The number of likely N-dealkylation sites (tertiary alicyclic amines) is 1. The molecule has 1 aromatic carbocycles. The molecule has 0 radical (unpaired) electrons. The minimum atomic E-state index is -0.677. The van der Waals surface area contributed by atoms with Gasteiger partial charge in [0.05, 0.1) is 5.52 Å². The number of nitrogens with zero attached hydrogens (tertiary/aromatic N) is 3. The molecule has 2 amide bonds. The first-order chi connectivity index (χ1) is 18.9. The van der Waals surface area contributed by atoms with E-state index in [0.717, 1.165) is 30.4 Å². The van der Waals surface area contributed by atoms with Gasteiger partial charge in [-0.3, -0.25) is 19.4 Å². The first-order valence-corrected chi connectivity index (χ1v) is 13.4. The fraction of sp³-hybridized carbons (Fsp3) is 0.448. The second kappa shape index (κ2) is 13.3. The summed E-state index contributed by atoms with van der Waals surface area (Å²) in [5.41, 5.74) is 1.20. The van der Waals surface area contributed by atoms with E-state index in [-0.39, 0.29) is 35.9 Å². The molecule has 3 heterocycles. The molecule has 0 aliphatic carbocycles. The monoisotopic (exact) mass is 538 g/mol. The zero-order valence-corrected chi connectivity index (χ0v) is 22.2. The Labute approximate surface area is 226 Å². The summed E-state index contributed by atoms with van der Waals surface area (Å²) in [6.07, 6.45) is 6.49. The van der Waals surface area contributed by atoms with Gasteiger partial charge in [0.25, 0.3) is 11.5 Å². The molecule has 1 saturated heterocycles. The maximum absolute atomic E-state index is 13.6. The van der Waals surface area contributed by atoms with Crippen molar-refractivity contribution in [2.75, 3.05) is 33.4 Å². The SMILES string of the molecule is COCCCNC(=O)c1c(O)c2ncc(Cc3ccc(F)cc3)cc2n(CCCN2CCCCCC2=O)c1=O. The van der Waals surface area contributed by atoms with E-state index in [1.807, 2.05) is 4.90 Å². The highest BCUT2D eigenvalue weighted by molar-refractivity contribution is 6.01. The number of halogens is 1. The number of amides is 2. The number of aryl methyl sites for hydroxylation is 1. The molecule has 1 fully saturated rings. The standard InChI is InChI=1S/C29H35FN4O5/c1-39-16-5-12-31-28(37)25-27(36)26-23(18-21(19-32-26)17-20-8-10-22(30)11-9-20)34(29(25)38)15-6-14-33-13-4-2-3-7-24(33)35/h8-11,18-19,36H,2-7,12-17H2,1H3,(H,31,37). The third kappa shape index (κ3) is 7.00. The highest BCUT2D eigenvalue weighted by atomic mass is 19.1.